The number of rotatable bonds is 5. The summed E-state index contributed by atoms with van der Waals surface area (Å²) in [6, 6.07) is 20.3. The van der Waals surface area contributed by atoms with Gasteiger partial charge in [-0.25, -0.2) is 0 Å². The molecule has 1 saturated carbocycles. The minimum Gasteiger partial charge on any atom is -0.504 e. The van der Waals surface area contributed by atoms with Gasteiger partial charge in [-0.1, -0.05) is 55.0 Å². The number of Topliss-reactive ketones (excluding diaryl/α,β-unsaturated/α-hetero) is 2. The molecular formula is C39H35NO7. The van der Waals surface area contributed by atoms with Crippen LogP contribution in [0.25, 0.3) is 0 Å². The van der Waals surface area contributed by atoms with Crippen molar-refractivity contribution in [3.05, 3.63) is 112 Å². The van der Waals surface area contributed by atoms with E-state index >= 15 is 0 Å². The first-order valence-electron chi connectivity index (χ1n) is 15.9. The second kappa shape index (κ2) is 11.0. The van der Waals surface area contributed by atoms with Crippen molar-refractivity contribution in [1.29, 1.82) is 0 Å². The number of hydrogen-bond acceptors (Lipinski definition) is 7. The van der Waals surface area contributed by atoms with Crippen LogP contribution in [0.2, 0.25) is 0 Å². The Kier molecular flexibility index (Phi) is 7.15. The summed E-state index contributed by atoms with van der Waals surface area (Å²) in [6.07, 6.45) is 2.57. The molecule has 6 atom stereocenters. The number of hydrogen-bond donors (Lipinski definition) is 1. The van der Waals surface area contributed by atoms with Crippen molar-refractivity contribution in [2.45, 2.75) is 39.5 Å². The summed E-state index contributed by atoms with van der Waals surface area (Å²) < 4.78 is 5.42. The highest BCUT2D eigenvalue weighted by molar-refractivity contribution is 6.23. The van der Waals surface area contributed by atoms with Crippen molar-refractivity contribution in [1.82, 2.24) is 0 Å². The average molecular weight is 630 g/mol. The Hall–Kier alpha value is -5.11. The SMILES string of the molecule is COc1cc([C@H]2C3=CC[C@@H]4C(=O)N(c5ccc(C(=O)c6ccccc6)cc5)C(=O)[C@@H]4[C@@H]3C[C@H]3C(=O)C(C)=C(C)C(=O)[C@@]23C)ccc1O. The topological polar surface area (TPSA) is 118 Å². The van der Waals surface area contributed by atoms with E-state index in [9.17, 15) is 29.1 Å². The Morgan fingerprint density at radius 1 is 0.872 bits per heavy atom. The molecule has 3 aromatic rings. The quantitative estimate of drug-likeness (QED) is 0.210. The number of ketones is 3. The van der Waals surface area contributed by atoms with Gasteiger partial charge >= 0.3 is 0 Å². The third-order valence-corrected chi connectivity index (χ3v) is 11.1. The molecule has 1 saturated heterocycles. The highest BCUT2D eigenvalue weighted by atomic mass is 16.5. The molecule has 3 aliphatic carbocycles. The lowest BCUT2D eigenvalue weighted by atomic mass is 9.46. The van der Waals surface area contributed by atoms with E-state index in [4.69, 9.17) is 4.74 Å². The summed E-state index contributed by atoms with van der Waals surface area (Å²) in [4.78, 5) is 70.6. The Morgan fingerprint density at radius 3 is 2.23 bits per heavy atom. The van der Waals surface area contributed by atoms with Crippen molar-refractivity contribution in [2.24, 2.45) is 29.1 Å². The van der Waals surface area contributed by atoms with Crippen LogP contribution in [0.4, 0.5) is 5.69 Å². The van der Waals surface area contributed by atoms with Crippen molar-refractivity contribution < 1.29 is 33.8 Å². The zero-order chi connectivity index (χ0) is 33.4. The lowest BCUT2D eigenvalue weighted by molar-refractivity contribution is -0.142. The first-order chi connectivity index (χ1) is 22.5. The largest absolute Gasteiger partial charge is 0.504 e. The summed E-state index contributed by atoms with van der Waals surface area (Å²) in [5.74, 6) is -3.93. The zero-order valence-corrected chi connectivity index (χ0v) is 26.7. The predicted octanol–water partition coefficient (Wildman–Crippen LogP) is 5.98. The molecule has 1 N–H and O–H groups in total. The van der Waals surface area contributed by atoms with Crippen LogP contribution in [0.15, 0.2) is 95.6 Å². The number of methoxy groups -OCH3 is 1. The summed E-state index contributed by atoms with van der Waals surface area (Å²) in [5.41, 5.74) is 2.66. The van der Waals surface area contributed by atoms with Gasteiger partial charge in [-0.3, -0.25) is 28.9 Å². The van der Waals surface area contributed by atoms with Crippen LogP contribution in [0, 0.1) is 29.1 Å². The third-order valence-electron chi connectivity index (χ3n) is 11.1. The van der Waals surface area contributed by atoms with E-state index in [1.54, 1.807) is 74.5 Å². The van der Waals surface area contributed by atoms with E-state index in [-0.39, 0.29) is 47.1 Å². The standard InChI is InChI=1S/C39H35NO7/c1-20-21(2)36(44)39(3)29(34(20)42)19-28-26(33(39)24-12-17-30(41)31(18-24)47-4)15-16-27-32(28)38(46)40(37(27)45)25-13-10-23(11-14-25)35(43)22-8-6-5-7-9-22/h5-15,17-18,27-29,32-33,41H,16,19H2,1-4H3/t27-,28+,29-,32-,33-,39+/m0/s1. The Bertz CT molecular complexity index is 1940. The average Bonchev–Trinajstić information content (AvgIpc) is 3.35. The maximum absolute atomic E-state index is 14.3. The molecule has 238 valence electrons. The van der Waals surface area contributed by atoms with Gasteiger partial charge in [-0.2, -0.15) is 0 Å². The molecular weight excluding hydrogens is 594 g/mol. The van der Waals surface area contributed by atoms with Crippen LogP contribution in [-0.4, -0.2) is 41.4 Å². The Morgan fingerprint density at radius 2 is 1.55 bits per heavy atom. The van der Waals surface area contributed by atoms with Gasteiger partial charge in [0.15, 0.2) is 28.8 Å². The molecule has 2 fully saturated rings. The smallest absolute Gasteiger partial charge is 0.238 e. The van der Waals surface area contributed by atoms with Gasteiger partial charge in [-0.05, 0) is 85.7 Å². The first-order valence-corrected chi connectivity index (χ1v) is 15.9. The van der Waals surface area contributed by atoms with Gasteiger partial charge in [0.25, 0.3) is 0 Å². The van der Waals surface area contributed by atoms with Gasteiger partial charge in [-0.15, -0.1) is 0 Å². The normalized spacial score (nSPS) is 28.5. The summed E-state index contributed by atoms with van der Waals surface area (Å²) >= 11 is 0. The van der Waals surface area contributed by atoms with Gasteiger partial charge in [0.1, 0.15) is 0 Å². The molecule has 2 amide bonds. The number of phenolic OH excluding ortho intramolecular Hbond substituents is 1. The van der Waals surface area contributed by atoms with Crippen molar-refractivity contribution >= 4 is 34.9 Å². The summed E-state index contributed by atoms with van der Waals surface area (Å²) in [7, 11) is 1.45. The number of nitrogens with zero attached hydrogens (tertiary/aromatic N) is 1. The van der Waals surface area contributed by atoms with Crippen molar-refractivity contribution in [3.63, 3.8) is 0 Å². The molecule has 8 nitrogen and oxygen atoms in total. The molecule has 47 heavy (non-hydrogen) atoms. The van der Waals surface area contributed by atoms with Crippen LogP contribution in [0.3, 0.4) is 0 Å². The number of phenols is 1. The monoisotopic (exact) mass is 629 g/mol. The van der Waals surface area contributed by atoms with E-state index < -0.39 is 35.0 Å². The van der Waals surface area contributed by atoms with Crippen molar-refractivity contribution in [2.75, 3.05) is 12.0 Å². The van der Waals surface area contributed by atoms with Crippen LogP contribution >= 0.6 is 0 Å². The molecule has 0 bridgehead atoms. The van der Waals surface area contributed by atoms with E-state index in [0.29, 0.717) is 39.9 Å². The number of anilines is 1. The highest BCUT2D eigenvalue weighted by Gasteiger charge is 2.64. The van der Waals surface area contributed by atoms with E-state index in [2.05, 4.69) is 0 Å². The molecule has 3 aromatic carbocycles. The second-order valence-corrected chi connectivity index (χ2v) is 13.3. The fraction of sp³-hybridized carbons (Fsp3) is 0.308. The van der Waals surface area contributed by atoms with E-state index in [0.717, 1.165) is 5.57 Å². The Labute approximate surface area is 272 Å². The lowest BCUT2D eigenvalue weighted by Gasteiger charge is -2.54. The summed E-state index contributed by atoms with van der Waals surface area (Å²) in [6.45, 7) is 5.22. The first kappa shape index (κ1) is 30.5. The number of amides is 2. The van der Waals surface area contributed by atoms with E-state index in [1.165, 1.54) is 18.1 Å². The fourth-order valence-corrected chi connectivity index (χ4v) is 8.61. The minimum atomic E-state index is -1.13. The number of allylic oxidation sites excluding steroid dienone is 4. The molecule has 1 heterocycles. The number of aromatic hydroxyl groups is 1. The minimum absolute atomic E-state index is 0.0512. The molecule has 8 heteroatoms. The highest BCUT2D eigenvalue weighted by Crippen LogP contribution is 2.63. The van der Waals surface area contributed by atoms with Gasteiger partial charge in [0.2, 0.25) is 11.8 Å². The predicted molar refractivity (Wildman–Crippen MR) is 174 cm³/mol. The summed E-state index contributed by atoms with van der Waals surface area (Å²) in [5, 5.41) is 10.4. The molecule has 0 aromatic heterocycles. The molecule has 0 radical (unpaired) electrons. The number of ether oxygens (including phenoxy) is 1. The van der Waals surface area contributed by atoms with Gasteiger partial charge in [0, 0.05) is 23.0 Å². The molecule has 7 rings (SSSR count). The number of carbonyl (C=O) groups is 5. The fourth-order valence-electron chi connectivity index (χ4n) is 8.61. The van der Waals surface area contributed by atoms with Gasteiger partial charge < -0.3 is 9.84 Å². The maximum atomic E-state index is 14.3. The number of carbonyl (C=O) groups excluding carboxylic acids is 5. The number of fused-ring (bicyclic) bond motifs is 4. The Balaban J connectivity index is 1.28. The van der Waals surface area contributed by atoms with E-state index in [1.807, 2.05) is 19.1 Å². The third kappa shape index (κ3) is 4.38. The molecule has 0 spiro atoms. The van der Waals surface area contributed by atoms with Crippen LogP contribution in [0.1, 0.15) is 61.0 Å². The molecule has 4 aliphatic rings. The van der Waals surface area contributed by atoms with Crippen molar-refractivity contribution in [3.8, 4) is 11.5 Å². The number of benzene rings is 3. The lowest BCUT2D eigenvalue weighted by Crippen LogP contribution is -2.55. The zero-order valence-electron chi connectivity index (χ0n) is 26.7. The molecule has 0 unspecified atom stereocenters. The van der Waals surface area contributed by atoms with Crippen LogP contribution in [-0.2, 0) is 19.2 Å². The van der Waals surface area contributed by atoms with Crippen LogP contribution in [0.5, 0.6) is 11.5 Å². The second-order valence-electron chi connectivity index (χ2n) is 13.3. The number of imide groups is 1. The van der Waals surface area contributed by atoms with Crippen LogP contribution < -0.4 is 9.64 Å². The van der Waals surface area contributed by atoms with Gasteiger partial charge in [0.05, 0.1) is 30.0 Å². The molecule has 1 aliphatic heterocycles. The maximum Gasteiger partial charge on any atom is 0.238 e.